The van der Waals surface area contributed by atoms with E-state index in [0.29, 0.717) is 0 Å². The molecule has 5 rings (SSSR count). The molecular formula is C22H13O. The second-order valence-electron chi connectivity index (χ2n) is 5.93. The summed E-state index contributed by atoms with van der Waals surface area (Å²) in [5, 5.41) is 21.4. The van der Waals surface area contributed by atoms with Crippen LogP contribution in [-0.2, 0) is 5.11 Å². The van der Waals surface area contributed by atoms with Crippen LogP contribution in [0, 0.1) is 0 Å². The van der Waals surface area contributed by atoms with Crippen molar-refractivity contribution in [3.05, 3.63) is 78.9 Å². The van der Waals surface area contributed by atoms with Crippen molar-refractivity contribution in [3.63, 3.8) is 0 Å². The Bertz CT molecular complexity index is 1220. The summed E-state index contributed by atoms with van der Waals surface area (Å²) in [7, 11) is 0. The van der Waals surface area contributed by atoms with Crippen LogP contribution in [0.15, 0.2) is 78.9 Å². The Labute approximate surface area is 133 Å². The van der Waals surface area contributed by atoms with Crippen LogP contribution in [-0.4, -0.2) is 0 Å². The van der Waals surface area contributed by atoms with Crippen molar-refractivity contribution in [1.29, 1.82) is 0 Å². The first kappa shape index (κ1) is 12.5. The minimum atomic E-state index is 0.0922. The molecule has 0 N–H and O–H groups in total. The van der Waals surface area contributed by atoms with Gasteiger partial charge in [0.25, 0.3) is 0 Å². The zero-order chi connectivity index (χ0) is 15.4. The van der Waals surface area contributed by atoms with Crippen molar-refractivity contribution >= 4 is 43.1 Å². The van der Waals surface area contributed by atoms with Gasteiger partial charge in [-0.05, 0) is 38.4 Å². The maximum atomic E-state index is 12.7. The highest BCUT2D eigenvalue weighted by Gasteiger charge is 2.13. The maximum Gasteiger partial charge on any atom is 0.187 e. The molecule has 0 aliphatic carbocycles. The average molecular weight is 293 g/mol. The van der Waals surface area contributed by atoms with Gasteiger partial charge in [-0.25, -0.2) is 0 Å². The van der Waals surface area contributed by atoms with Crippen LogP contribution >= 0.6 is 0 Å². The topological polar surface area (TPSA) is 19.9 Å². The van der Waals surface area contributed by atoms with E-state index in [1.54, 1.807) is 6.07 Å². The molecule has 0 aliphatic rings. The van der Waals surface area contributed by atoms with Gasteiger partial charge in [-0.2, -0.15) is 0 Å². The molecule has 0 spiro atoms. The predicted octanol–water partition coefficient (Wildman–Crippen LogP) is 6.44. The quantitative estimate of drug-likeness (QED) is 0.293. The van der Waals surface area contributed by atoms with Crippen molar-refractivity contribution in [2.75, 3.05) is 0 Å². The van der Waals surface area contributed by atoms with Crippen LogP contribution in [0.4, 0.5) is 0 Å². The summed E-state index contributed by atoms with van der Waals surface area (Å²) in [6, 6.07) is 26.5. The molecule has 0 unspecified atom stereocenters. The molecule has 0 heterocycles. The summed E-state index contributed by atoms with van der Waals surface area (Å²) in [5.74, 6) is 0.0922. The highest BCUT2D eigenvalue weighted by Crippen LogP contribution is 2.42. The van der Waals surface area contributed by atoms with Crippen LogP contribution in [0.2, 0.25) is 0 Å². The molecule has 23 heavy (non-hydrogen) atoms. The maximum absolute atomic E-state index is 12.7. The van der Waals surface area contributed by atoms with E-state index >= 15 is 0 Å². The molecule has 5 aromatic rings. The van der Waals surface area contributed by atoms with Gasteiger partial charge in [0.2, 0.25) is 0 Å². The van der Waals surface area contributed by atoms with E-state index in [1.807, 2.05) is 24.3 Å². The van der Waals surface area contributed by atoms with E-state index in [-0.39, 0.29) is 5.75 Å². The van der Waals surface area contributed by atoms with Crippen molar-refractivity contribution < 1.29 is 5.11 Å². The van der Waals surface area contributed by atoms with Crippen molar-refractivity contribution in [1.82, 2.24) is 0 Å². The smallest absolute Gasteiger partial charge is 0.187 e. The molecule has 1 radical (unpaired) electrons. The third-order valence-corrected chi connectivity index (χ3v) is 4.71. The number of hydrogen-bond acceptors (Lipinski definition) is 0. The zero-order valence-electron chi connectivity index (χ0n) is 12.4. The number of rotatable bonds is 0. The van der Waals surface area contributed by atoms with E-state index in [0.717, 1.165) is 32.3 Å². The normalized spacial score (nSPS) is 11.7. The van der Waals surface area contributed by atoms with Gasteiger partial charge in [0.15, 0.2) is 5.75 Å². The van der Waals surface area contributed by atoms with E-state index in [4.69, 9.17) is 0 Å². The number of hydrogen-bond donors (Lipinski definition) is 0. The first-order valence-electron chi connectivity index (χ1n) is 7.76. The van der Waals surface area contributed by atoms with E-state index in [1.165, 1.54) is 10.8 Å². The standard InChI is InChI=1S/C22H13O/c23-20-11-5-10-18-16-8-3-4-9-17(16)19-13-12-14-6-1-2-7-15(14)21(19)22(18)20/h1-13H. The molecule has 0 aromatic heterocycles. The van der Waals surface area contributed by atoms with Gasteiger partial charge in [-0.15, -0.1) is 0 Å². The highest BCUT2D eigenvalue weighted by atomic mass is 16.3. The summed E-state index contributed by atoms with van der Waals surface area (Å²) in [6.45, 7) is 0. The van der Waals surface area contributed by atoms with Gasteiger partial charge in [0.1, 0.15) is 0 Å². The van der Waals surface area contributed by atoms with Crippen LogP contribution in [0.3, 0.4) is 0 Å². The Morgan fingerprint density at radius 1 is 0.435 bits per heavy atom. The van der Waals surface area contributed by atoms with E-state index in [2.05, 4.69) is 48.5 Å². The summed E-state index contributed by atoms with van der Waals surface area (Å²) in [5.41, 5.74) is 0. The van der Waals surface area contributed by atoms with Crippen LogP contribution in [0.25, 0.3) is 43.1 Å². The summed E-state index contributed by atoms with van der Waals surface area (Å²) < 4.78 is 0. The third kappa shape index (κ3) is 1.62. The third-order valence-electron chi connectivity index (χ3n) is 4.71. The Morgan fingerprint density at radius 3 is 1.83 bits per heavy atom. The lowest BCUT2D eigenvalue weighted by atomic mass is 9.91. The molecule has 0 bridgehead atoms. The molecule has 0 saturated heterocycles. The lowest BCUT2D eigenvalue weighted by molar-refractivity contribution is 0.360. The highest BCUT2D eigenvalue weighted by molar-refractivity contribution is 6.32. The largest absolute Gasteiger partial charge is 0.289 e. The minimum absolute atomic E-state index is 0.0922. The van der Waals surface area contributed by atoms with Crippen molar-refractivity contribution in [3.8, 4) is 5.75 Å². The number of fused-ring (bicyclic) bond motifs is 8. The molecule has 0 atom stereocenters. The van der Waals surface area contributed by atoms with Crippen LogP contribution < -0.4 is 0 Å². The molecular weight excluding hydrogens is 280 g/mol. The van der Waals surface area contributed by atoms with E-state index in [9.17, 15) is 5.11 Å². The van der Waals surface area contributed by atoms with Crippen molar-refractivity contribution in [2.24, 2.45) is 0 Å². The molecule has 107 valence electrons. The average Bonchev–Trinajstić information content (AvgIpc) is 2.61. The fraction of sp³-hybridized carbons (Fsp3) is 0. The van der Waals surface area contributed by atoms with Crippen LogP contribution in [0.1, 0.15) is 0 Å². The molecule has 1 nitrogen and oxygen atoms in total. The molecule has 0 saturated carbocycles. The molecule has 0 amide bonds. The molecule has 1 heteroatoms. The lowest BCUT2D eigenvalue weighted by Crippen LogP contribution is -1.85. The fourth-order valence-corrected chi connectivity index (χ4v) is 3.73. The first-order chi connectivity index (χ1) is 11.3. The van der Waals surface area contributed by atoms with Gasteiger partial charge in [0.05, 0.1) is 0 Å². The molecule has 5 aromatic carbocycles. The van der Waals surface area contributed by atoms with Crippen LogP contribution in [0.5, 0.6) is 5.75 Å². The lowest BCUT2D eigenvalue weighted by Gasteiger charge is -2.12. The SMILES string of the molecule is [O]c1cccc2c3ccccc3c3ccc4ccccc4c3c12. The van der Waals surface area contributed by atoms with Gasteiger partial charge in [0, 0.05) is 10.8 Å². The monoisotopic (exact) mass is 293 g/mol. The molecule has 0 aliphatic heterocycles. The Kier molecular flexibility index (Phi) is 2.42. The van der Waals surface area contributed by atoms with E-state index < -0.39 is 0 Å². The van der Waals surface area contributed by atoms with Gasteiger partial charge < -0.3 is 0 Å². The van der Waals surface area contributed by atoms with Gasteiger partial charge in [-0.3, -0.25) is 5.11 Å². The summed E-state index contributed by atoms with van der Waals surface area (Å²) in [4.78, 5) is 0. The summed E-state index contributed by atoms with van der Waals surface area (Å²) in [6.07, 6.45) is 0. The predicted molar refractivity (Wildman–Crippen MR) is 96.6 cm³/mol. The molecule has 0 fully saturated rings. The number of benzene rings is 5. The summed E-state index contributed by atoms with van der Waals surface area (Å²) >= 11 is 0. The zero-order valence-corrected chi connectivity index (χ0v) is 12.4. The second kappa shape index (κ2) is 4.47. The fourth-order valence-electron chi connectivity index (χ4n) is 3.73. The second-order valence-corrected chi connectivity index (χ2v) is 5.93. The first-order valence-corrected chi connectivity index (χ1v) is 7.76. The van der Waals surface area contributed by atoms with Gasteiger partial charge in [-0.1, -0.05) is 72.8 Å². The Balaban J connectivity index is 2.26. The van der Waals surface area contributed by atoms with Gasteiger partial charge >= 0.3 is 0 Å². The van der Waals surface area contributed by atoms with Crippen molar-refractivity contribution in [2.45, 2.75) is 0 Å². The minimum Gasteiger partial charge on any atom is -0.289 e. The Hall–Kier alpha value is -3.06. The Morgan fingerprint density at radius 2 is 1.04 bits per heavy atom.